The second-order valence-electron chi connectivity index (χ2n) is 6.17. The minimum atomic E-state index is -3.16. The summed E-state index contributed by atoms with van der Waals surface area (Å²) in [5.41, 5.74) is 2.36. The molecule has 2 heterocycles. The average molecular weight is 369 g/mol. The fraction of sp³-hybridized carbons (Fsp3) is 0.438. The predicted molar refractivity (Wildman–Crippen MR) is 94.3 cm³/mol. The molecule has 1 unspecified atom stereocenters. The van der Waals surface area contributed by atoms with E-state index in [1.54, 1.807) is 6.20 Å². The smallest absolute Gasteiger partial charge is 0.208 e. The highest BCUT2D eigenvalue weighted by Gasteiger charge is 2.25. The highest BCUT2D eigenvalue weighted by Crippen LogP contribution is 2.24. The summed E-state index contributed by atoms with van der Waals surface area (Å²) in [6, 6.07) is 10.1. The van der Waals surface area contributed by atoms with Gasteiger partial charge in [-0.05, 0) is 30.2 Å². The molecule has 3 rings (SSSR count). The van der Waals surface area contributed by atoms with Crippen molar-refractivity contribution in [3.63, 3.8) is 0 Å². The van der Waals surface area contributed by atoms with Crippen LogP contribution in [0.5, 0.6) is 0 Å². The third-order valence-electron chi connectivity index (χ3n) is 4.11. The van der Waals surface area contributed by atoms with Crippen LogP contribution >= 0.6 is 11.6 Å². The number of hydrogen-bond acceptors (Lipinski definition) is 4. The topological polar surface area (TPSA) is 67.2 Å². The minimum Gasteiger partial charge on any atom is -0.291 e. The number of benzene rings is 1. The molecule has 0 spiro atoms. The Labute approximate surface area is 147 Å². The summed E-state index contributed by atoms with van der Waals surface area (Å²) in [6.45, 7) is 2.91. The zero-order valence-corrected chi connectivity index (χ0v) is 15.1. The molecule has 6 nitrogen and oxygen atoms in total. The Morgan fingerprint density at radius 2 is 2.04 bits per heavy atom. The van der Waals surface area contributed by atoms with Gasteiger partial charge in [0.05, 0.1) is 18.0 Å². The van der Waals surface area contributed by atoms with Gasteiger partial charge in [0.1, 0.15) is 0 Å². The molecule has 1 atom stereocenters. The molecule has 1 aliphatic heterocycles. The lowest BCUT2D eigenvalue weighted by atomic mass is 10.1. The molecule has 0 saturated carbocycles. The van der Waals surface area contributed by atoms with Gasteiger partial charge in [-0.3, -0.25) is 9.58 Å². The van der Waals surface area contributed by atoms with E-state index in [2.05, 4.69) is 14.7 Å². The number of rotatable bonds is 6. The fourth-order valence-corrected chi connectivity index (χ4v) is 3.67. The molecule has 0 radical (unpaired) electrons. The van der Waals surface area contributed by atoms with Gasteiger partial charge in [0.25, 0.3) is 0 Å². The molecule has 1 aromatic carbocycles. The van der Waals surface area contributed by atoms with Crippen LogP contribution in [0.3, 0.4) is 0 Å². The van der Waals surface area contributed by atoms with E-state index in [0.717, 1.165) is 30.4 Å². The second-order valence-corrected chi connectivity index (χ2v) is 8.44. The third-order valence-corrected chi connectivity index (χ3v) is 5.09. The van der Waals surface area contributed by atoms with Gasteiger partial charge in [-0.15, -0.1) is 0 Å². The van der Waals surface area contributed by atoms with Crippen LogP contribution in [-0.4, -0.2) is 42.4 Å². The van der Waals surface area contributed by atoms with Crippen LogP contribution in [0.25, 0.3) is 0 Å². The molecule has 24 heavy (non-hydrogen) atoms. The van der Waals surface area contributed by atoms with Crippen molar-refractivity contribution in [3.05, 3.63) is 52.8 Å². The van der Waals surface area contributed by atoms with Gasteiger partial charge < -0.3 is 0 Å². The molecule has 1 N–H and O–H groups in total. The molecule has 0 fully saturated rings. The SMILES string of the molecule is CS(=O)(=O)NCCC1CN(Cc2ccc(Cl)cc2)Cc2ccnn21. The number of nitrogens with zero attached hydrogens (tertiary/aromatic N) is 3. The van der Waals surface area contributed by atoms with Gasteiger partial charge in [0, 0.05) is 37.4 Å². The molecule has 1 aliphatic rings. The summed E-state index contributed by atoms with van der Waals surface area (Å²) < 4.78 is 27.1. The van der Waals surface area contributed by atoms with Crippen LogP contribution in [0.15, 0.2) is 36.5 Å². The van der Waals surface area contributed by atoms with Gasteiger partial charge in [0.2, 0.25) is 10.0 Å². The number of sulfonamides is 1. The van der Waals surface area contributed by atoms with Gasteiger partial charge >= 0.3 is 0 Å². The van der Waals surface area contributed by atoms with Crippen molar-refractivity contribution >= 4 is 21.6 Å². The maximum atomic E-state index is 11.2. The van der Waals surface area contributed by atoms with Crippen molar-refractivity contribution in [1.82, 2.24) is 19.4 Å². The summed E-state index contributed by atoms with van der Waals surface area (Å²) in [5.74, 6) is 0. The Bertz CT molecular complexity index is 789. The number of nitrogens with one attached hydrogen (secondary N) is 1. The van der Waals surface area contributed by atoms with Crippen molar-refractivity contribution in [2.24, 2.45) is 0 Å². The van der Waals surface area contributed by atoms with E-state index < -0.39 is 10.0 Å². The molecular formula is C16H21ClN4O2S. The van der Waals surface area contributed by atoms with Crippen LogP contribution in [-0.2, 0) is 23.1 Å². The second kappa shape index (κ2) is 7.23. The van der Waals surface area contributed by atoms with E-state index >= 15 is 0 Å². The monoisotopic (exact) mass is 368 g/mol. The molecule has 0 saturated heterocycles. The highest BCUT2D eigenvalue weighted by atomic mass is 35.5. The first-order valence-electron chi connectivity index (χ1n) is 7.84. The maximum absolute atomic E-state index is 11.2. The lowest BCUT2D eigenvalue weighted by Crippen LogP contribution is -2.38. The molecule has 1 aromatic heterocycles. The third kappa shape index (κ3) is 4.57. The van der Waals surface area contributed by atoms with Crippen LogP contribution < -0.4 is 4.72 Å². The summed E-state index contributed by atoms with van der Waals surface area (Å²) in [7, 11) is -3.16. The quantitative estimate of drug-likeness (QED) is 0.847. The molecule has 8 heteroatoms. The van der Waals surface area contributed by atoms with Crippen molar-refractivity contribution in [2.45, 2.75) is 25.6 Å². The number of hydrogen-bond donors (Lipinski definition) is 1. The Hall–Kier alpha value is -1.41. The standard InChI is InChI=1S/C16H21ClN4O2S/c1-24(22,23)19-9-7-16-12-20(11-15-6-8-18-21(15)16)10-13-2-4-14(17)5-3-13/h2-6,8,16,19H,7,9-12H2,1H3. The number of fused-ring (bicyclic) bond motifs is 1. The predicted octanol–water partition coefficient (Wildman–Crippen LogP) is 2.03. The van der Waals surface area contributed by atoms with E-state index in [1.165, 1.54) is 11.8 Å². The fourth-order valence-electron chi connectivity index (χ4n) is 3.06. The summed E-state index contributed by atoms with van der Waals surface area (Å²) >= 11 is 5.94. The Kier molecular flexibility index (Phi) is 5.24. The minimum absolute atomic E-state index is 0.158. The van der Waals surface area contributed by atoms with Gasteiger partial charge in [0.15, 0.2) is 0 Å². The Morgan fingerprint density at radius 1 is 1.29 bits per heavy atom. The Balaban J connectivity index is 1.67. The van der Waals surface area contributed by atoms with E-state index in [4.69, 9.17) is 11.6 Å². The zero-order valence-electron chi connectivity index (χ0n) is 13.5. The molecular weight excluding hydrogens is 348 g/mol. The van der Waals surface area contributed by atoms with E-state index in [1.807, 2.05) is 35.0 Å². The maximum Gasteiger partial charge on any atom is 0.208 e. The largest absolute Gasteiger partial charge is 0.291 e. The number of aromatic nitrogens is 2. The molecule has 0 bridgehead atoms. The van der Waals surface area contributed by atoms with Crippen molar-refractivity contribution in [1.29, 1.82) is 0 Å². The zero-order chi connectivity index (χ0) is 17.2. The van der Waals surface area contributed by atoms with Crippen molar-refractivity contribution in [2.75, 3.05) is 19.3 Å². The van der Waals surface area contributed by atoms with Crippen molar-refractivity contribution < 1.29 is 8.42 Å². The number of halogens is 1. The summed E-state index contributed by atoms with van der Waals surface area (Å²) in [5, 5.41) is 5.14. The lowest BCUT2D eigenvalue weighted by Gasteiger charge is -2.34. The molecule has 0 aliphatic carbocycles. The molecule has 130 valence electrons. The first-order valence-corrected chi connectivity index (χ1v) is 10.1. The summed E-state index contributed by atoms with van der Waals surface area (Å²) in [6.07, 6.45) is 3.69. The summed E-state index contributed by atoms with van der Waals surface area (Å²) in [4.78, 5) is 2.35. The van der Waals surface area contributed by atoms with Gasteiger partial charge in [-0.2, -0.15) is 5.10 Å². The Morgan fingerprint density at radius 3 is 2.75 bits per heavy atom. The van der Waals surface area contributed by atoms with Crippen LogP contribution in [0.1, 0.15) is 23.7 Å². The average Bonchev–Trinajstić information content (AvgIpc) is 2.97. The van der Waals surface area contributed by atoms with E-state index in [-0.39, 0.29) is 6.04 Å². The van der Waals surface area contributed by atoms with Gasteiger partial charge in [-0.1, -0.05) is 23.7 Å². The van der Waals surface area contributed by atoms with Crippen LogP contribution in [0.2, 0.25) is 5.02 Å². The van der Waals surface area contributed by atoms with Crippen molar-refractivity contribution in [3.8, 4) is 0 Å². The normalized spacial score (nSPS) is 18.5. The first-order chi connectivity index (χ1) is 11.4. The van der Waals surface area contributed by atoms with Crippen LogP contribution in [0, 0.1) is 0 Å². The van der Waals surface area contributed by atoms with E-state index in [9.17, 15) is 8.42 Å². The molecule has 0 amide bonds. The van der Waals surface area contributed by atoms with E-state index in [0.29, 0.717) is 13.0 Å². The first kappa shape index (κ1) is 17.4. The lowest BCUT2D eigenvalue weighted by molar-refractivity contribution is 0.162. The highest BCUT2D eigenvalue weighted by molar-refractivity contribution is 7.88. The molecule has 2 aromatic rings. The van der Waals surface area contributed by atoms with Crippen LogP contribution in [0.4, 0.5) is 0 Å². The van der Waals surface area contributed by atoms with Gasteiger partial charge in [-0.25, -0.2) is 13.1 Å².